The summed E-state index contributed by atoms with van der Waals surface area (Å²) in [5, 5.41) is 14.5. The van der Waals surface area contributed by atoms with Crippen molar-refractivity contribution in [3.05, 3.63) is 30.1 Å². The van der Waals surface area contributed by atoms with Crippen LogP contribution in [0.1, 0.15) is 32.3 Å². The lowest BCUT2D eigenvalue weighted by Crippen LogP contribution is -2.37. The Morgan fingerprint density at radius 3 is 2.61 bits per heavy atom. The molecule has 0 amide bonds. The first-order valence-electron chi connectivity index (χ1n) is 10.2. The van der Waals surface area contributed by atoms with Gasteiger partial charge in [-0.25, -0.2) is 14.8 Å². The Morgan fingerprint density at radius 2 is 1.97 bits per heavy atom. The van der Waals surface area contributed by atoms with Crippen LogP contribution in [0.3, 0.4) is 0 Å². The Hall–Kier alpha value is -3.27. The molecule has 1 saturated heterocycles. The lowest BCUT2D eigenvalue weighted by Gasteiger charge is -2.31. The van der Waals surface area contributed by atoms with E-state index in [1.54, 1.807) is 25.4 Å². The molecule has 0 unspecified atom stereocenters. The summed E-state index contributed by atoms with van der Waals surface area (Å²) in [6, 6.07) is 3.62. The molecule has 0 aliphatic carbocycles. The predicted molar refractivity (Wildman–Crippen MR) is 119 cm³/mol. The first-order valence-corrected chi connectivity index (χ1v) is 10.2. The number of ether oxygens (including phenoxy) is 2. The summed E-state index contributed by atoms with van der Waals surface area (Å²) in [6.07, 6.45) is 5.36. The molecule has 2 aromatic rings. The molecule has 0 radical (unpaired) electrons. The summed E-state index contributed by atoms with van der Waals surface area (Å²) in [4.78, 5) is 27.3. The standard InChI is InChI=1S/C21H29N7O3/c1-13(2)25-16-11-18(24-12-15(16)19(22)20(29)31-4)26-17-5-8-23-21(27-17)28-9-6-14(30-3)7-10-28/h5,8,11-14,22H,6-7,9-10H2,1-4H3,(H2,23,24,25,26,27). The number of methoxy groups -OCH3 is 2. The van der Waals surface area contributed by atoms with E-state index in [9.17, 15) is 4.79 Å². The van der Waals surface area contributed by atoms with Crippen LogP contribution in [0.4, 0.5) is 23.3 Å². The zero-order chi connectivity index (χ0) is 22.4. The Bertz CT molecular complexity index is 927. The quantitative estimate of drug-likeness (QED) is 0.430. The zero-order valence-corrected chi connectivity index (χ0v) is 18.3. The second-order valence-corrected chi connectivity index (χ2v) is 7.57. The second-order valence-electron chi connectivity index (χ2n) is 7.57. The van der Waals surface area contributed by atoms with Gasteiger partial charge in [0.05, 0.1) is 13.2 Å². The summed E-state index contributed by atoms with van der Waals surface area (Å²) in [5.74, 6) is 1.08. The summed E-state index contributed by atoms with van der Waals surface area (Å²) in [7, 11) is 2.99. The summed E-state index contributed by atoms with van der Waals surface area (Å²) >= 11 is 0. The number of nitrogens with zero attached hydrogens (tertiary/aromatic N) is 4. The molecule has 3 heterocycles. The van der Waals surface area contributed by atoms with E-state index >= 15 is 0 Å². The highest BCUT2D eigenvalue weighted by molar-refractivity contribution is 6.43. The van der Waals surface area contributed by atoms with Crippen LogP contribution in [0.5, 0.6) is 0 Å². The highest BCUT2D eigenvalue weighted by Gasteiger charge is 2.21. The van der Waals surface area contributed by atoms with Gasteiger partial charge in [-0.2, -0.15) is 4.98 Å². The molecule has 0 bridgehead atoms. The maximum absolute atomic E-state index is 11.8. The third-order valence-corrected chi connectivity index (χ3v) is 4.96. The molecule has 0 saturated carbocycles. The van der Waals surface area contributed by atoms with E-state index in [0.717, 1.165) is 25.9 Å². The van der Waals surface area contributed by atoms with Crippen LogP contribution in [0.2, 0.25) is 0 Å². The molecule has 0 atom stereocenters. The van der Waals surface area contributed by atoms with Crippen LogP contribution in [-0.4, -0.2) is 66.1 Å². The Morgan fingerprint density at radius 1 is 1.23 bits per heavy atom. The lowest BCUT2D eigenvalue weighted by atomic mass is 10.1. The molecule has 2 aromatic heterocycles. The van der Waals surface area contributed by atoms with Crippen molar-refractivity contribution in [2.75, 3.05) is 42.8 Å². The highest BCUT2D eigenvalue weighted by Crippen LogP contribution is 2.24. The van der Waals surface area contributed by atoms with Crippen molar-refractivity contribution in [3.63, 3.8) is 0 Å². The topological polar surface area (TPSA) is 125 Å². The molecule has 10 heteroatoms. The van der Waals surface area contributed by atoms with Gasteiger partial charge in [0.2, 0.25) is 5.95 Å². The minimum atomic E-state index is -0.716. The van der Waals surface area contributed by atoms with Crippen molar-refractivity contribution in [1.82, 2.24) is 15.0 Å². The molecule has 3 rings (SSSR count). The van der Waals surface area contributed by atoms with Gasteiger partial charge in [-0.05, 0) is 32.8 Å². The number of piperidine rings is 1. The number of nitrogens with one attached hydrogen (secondary N) is 3. The van der Waals surface area contributed by atoms with Crippen LogP contribution in [-0.2, 0) is 14.3 Å². The smallest absolute Gasteiger partial charge is 0.356 e. The first-order chi connectivity index (χ1) is 14.9. The van der Waals surface area contributed by atoms with Crippen molar-refractivity contribution < 1.29 is 14.3 Å². The molecular weight excluding hydrogens is 398 g/mol. The lowest BCUT2D eigenvalue weighted by molar-refractivity contribution is -0.132. The fraction of sp³-hybridized carbons (Fsp3) is 0.476. The second kappa shape index (κ2) is 10.2. The van der Waals surface area contributed by atoms with Crippen LogP contribution >= 0.6 is 0 Å². The van der Waals surface area contributed by atoms with Gasteiger partial charge < -0.3 is 25.0 Å². The van der Waals surface area contributed by atoms with Gasteiger partial charge in [0.15, 0.2) is 5.71 Å². The number of esters is 1. The molecule has 1 aliphatic rings. The monoisotopic (exact) mass is 427 g/mol. The highest BCUT2D eigenvalue weighted by atomic mass is 16.5. The van der Waals surface area contributed by atoms with Gasteiger partial charge in [0.25, 0.3) is 0 Å². The van der Waals surface area contributed by atoms with Gasteiger partial charge in [-0.1, -0.05) is 0 Å². The normalized spacial score (nSPS) is 14.4. The van der Waals surface area contributed by atoms with Crippen LogP contribution in [0.15, 0.2) is 24.5 Å². The molecule has 31 heavy (non-hydrogen) atoms. The van der Waals surface area contributed by atoms with Crippen molar-refractivity contribution in [3.8, 4) is 0 Å². The van der Waals surface area contributed by atoms with E-state index < -0.39 is 5.97 Å². The molecule has 0 aromatic carbocycles. The van der Waals surface area contributed by atoms with Gasteiger partial charge in [-0.3, -0.25) is 5.41 Å². The summed E-state index contributed by atoms with van der Waals surface area (Å²) < 4.78 is 10.1. The van der Waals surface area contributed by atoms with Gasteiger partial charge in [-0.15, -0.1) is 0 Å². The SMILES string of the molecule is COC(=O)C(=N)c1cnc(Nc2ccnc(N3CCC(OC)CC3)n2)cc1NC(C)C. The van der Waals surface area contributed by atoms with E-state index in [4.69, 9.17) is 10.1 Å². The molecule has 166 valence electrons. The number of rotatable bonds is 8. The molecular formula is C21H29N7O3. The van der Waals surface area contributed by atoms with Crippen LogP contribution in [0.25, 0.3) is 0 Å². The van der Waals surface area contributed by atoms with Crippen LogP contribution < -0.4 is 15.5 Å². The maximum Gasteiger partial charge on any atom is 0.356 e. The number of aromatic nitrogens is 3. The average molecular weight is 428 g/mol. The molecule has 1 aliphatic heterocycles. The average Bonchev–Trinajstić information content (AvgIpc) is 2.78. The first kappa shape index (κ1) is 22.4. The van der Waals surface area contributed by atoms with E-state index in [-0.39, 0.29) is 17.9 Å². The van der Waals surface area contributed by atoms with Gasteiger partial charge in [0.1, 0.15) is 11.6 Å². The minimum absolute atomic E-state index is 0.0973. The predicted octanol–water partition coefficient (Wildman–Crippen LogP) is 2.59. The molecule has 3 N–H and O–H groups in total. The van der Waals surface area contributed by atoms with Crippen molar-refractivity contribution >= 4 is 35.0 Å². The van der Waals surface area contributed by atoms with Crippen LogP contribution in [0, 0.1) is 5.41 Å². The summed E-state index contributed by atoms with van der Waals surface area (Å²) in [6.45, 7) is 5.63. The molecule has 1 fully saturated rings. The third kappa shape index (κ3) is 5.66. The number of hydrogen-bond donors (Lipinski definition) is 3. The Kier molecular flexibility index (Phi) is 7.35. The molecule has 0 spiro atoms. The number of carbonyl (C=O) groups is 1. The van der Waals surface area contributed by atoms with Gasteiger partial charge >= 0.3 is 5.97 Å². The number of pyridine rings is 1. The maximum atomic E-state index is 11.8. The van der Waals surface area contributed by atoms with Crippen molar-refractivity contribution in [2.24, 2.45) is 0 Å². The van der Waals surface area contributed by atoms with Crippen molar-refractivity contribution in [2.45, 2.75) is 38.8 Å². The Labute approximate surface area is 181 Å². The Balaban J connectivity index is 1.79. The molecule has 10 nitrogen and oxygen atoms in total. The number of anilines is 4. The zero-order valence-electron chi connectivity index (χ0n) is 18.3. The van der Waals surface area contributed by atoms with E-state index in [1.165, 1.54) is 13.3 Å². The fourth-order valence-corrected chi connectivity index (χ4v) is 3.36. The minimum Gasteiger partial charge on any atom is -0.464 e. The van der Waals surface area contributed by atoms with Crippen molar-refractivity contribution in [1.29, 1.82) is 5.41 Å². The number of carbonyl (C=O) groups excluding carboxylic acids is 1. The summed E-state index contributed by atoms with van der Waals surface area (Å²) in [5.41, 5.74) is 0.725. The fourth-order valence-electron chi connectivity index (χ4n) is 3.36. The largest absolute Gasteiger partial charge is 0.464 e. The van der Waals surface area contributed by atoms with E-state index in [0.29, 0.717) is 28.8 Å². The van der Waals surface area contributed by atoms with E-state index in [2.05, 4.69) is 35.2 Å². The van der Waals surface area contributed by atoms with Gasteiger partial charge in [0, 0.05) is 56.0 Å². The van der Waals surface area contributed by atoms with E-state index in [1.807, 2.05) is 13.8 Å². The number of hydrogen-bond acceptors (Lipinski definition) is 10. The third-order valence-electron chi connectivity index (χ3n) is 4.96.